The van der Waals surface area contributed by atoms with Crippen molar-refractivity contribution in [1.29, 1.82) is 0 Å². The van der Waals surface area contributed by atoms with Crippen LogP contribution in [0.1, 0.15) is 50.0 Å². The summed E-state index contributed by atoms with van der Waals surface area (Å²) in [6.07, 6.45) is 0.558. The fourth-order valence-corrected chi connectivity index (χ4v) is 4.60. The lowest BCUT2D eigenvalue weighted by molar-refractivity contribution is 0.0988. The lowest BCUT2D eigenvalue weighted by Gasteiger charge is -2.19. The van der Waals surface area contributed by atoms with Gasteiger partial charge in [0, 0.05) is 17.5 Å². The Morgan fingerprint density at radius 3 is 1.95 bits per heavy atom. The number of rotatable bonds is 5. The van der Waals surface area contributed by atoms with E-state index in [0.29, 0.717) is 6.42 Å². The van der Waals surface area contributed by atoms with Crippen molar-refractivity contribution < 1.29 is 4.79 Å². The average molecular weight is 272 g/mol. The molecule has 0 N–H and O–H groups in total. The van der Waals surface area contributed by atoms with Gasteiger partial charge in [-0.3, -0.25) is 4.79 Å². The lowest BCUT2D eigenvalue weighted by Crippen LogP contribution is -2.29. The number of benzene rings is 1. The van der Waals surface area contributed by atoms with E-state index in [1.165, 1.54) is 18.1 Å². The Labute approximate surface area is 118 Å². The Balaban J connectivity index is 2.92. The summed E-state index contributed by atoms with van der Waals surface area (Å²) in [5.74, 6) is 3.52. The maximum absolute atomic E-state index is 11.6. The first-order chi connectivity index (χ1) is 9.10. The third-order valence-corrected chi connectivity index (χ3v) is 8.75. The van der Waals surface area contributed by atoms with Crippen LogP contribution in [-0.2, 0) is 0 Å². The van der Waals surface area contributed by atoms with Gasteiger partial charge in [-0.1, -0.05) is 45.7 Å². The molecule has 0 spiro atoms. The monoisotopic (exact) mass is 272 g/mol. The highest BCUT2D eigenvalue weighted by atomic mass is 28.3. The summed E-state index contributed by atoms with van der Waals surface area (Å²) in [4.78, 5) is 11.6. The van der Waals surface area contributed by atoms with E-state index < -0.39 is 8.07 Å². The standard InChI is InChI=1S/C17H24OSi/c1-5-17(18)16-11-9-15(10-12-16)13-14-19(6-2,7-3)8-4/h9-12H,5-8H2,1-4H3. The summed E-state index contributed by atoms with van der Waals surface area (Å²) in [6.45, 7) is 8.67. The molecule has 2 heteroatoms. The number of hydrogen-bond acceptors (Lipinski definition) is 1. The molecule has 1 rings (SSSR count). The Kier molecular flexibility index (Phi) is 6.04. The fraction of sp³-hybridized carbons (Fsp3) is 0.471. The molecule has 102 valence electrons. The van der Waals surface area contributed by atoms with E-state index in [1.54, 1.807) is 0 Å². The molecule has 0 unspecified atom stereocenters. The molecule has 0 aliphatic heterocycles. The highest BCUT2D eigenvalue weighted by Gasteiger charge is 2.24. The smallest absolute Gasteiger partial charge is 0.162 e. The zero-order chi connectivity index (χ0) is 14.3. The maximum atomic E-state index is 11.6. The number of ketones is 1. The number of Topliss-reactive ketones (excluding diaryl/α,β-unsaturated/α-hetero) is 1. The number of carbonyl (C=O) groups is 1. The predicted molar refractivity (Wildman–Crippen MR) is 85.1 cm³/mol. The third-order valence-electron chi connectivity index (χ3n) is 4.03. The topological polar surface area (TPSA) is 17.1 Å². The van der Waals surface area contributed by atoms with Crippen LogP contribution < -0.4 is 0 Å². The third kappa shape index (κ3) is 4.07. The molecule has 0 saturated carbocycles. The van der Waals surface area contributed by atoms with E-state index in [2.05, 4.69) is 32.2 Å². The van der Waals surface area contributed by atoms with Gasteiger partial charge < -0.3 is 0 Å². The van der Waals surface area contributed by atoms with Crippen LogP contribution in [0.15, 0.2) is 24.3 Å². The van der Waals surface area contributed by atoms with Crippen LogP contribution in [0.3, 0.4) is 0 Å². The van der Waals surface area contributed by atoms with Crippen molar-refractivity contribution in [3.8, 4) is 11.5 Å². The van der Waals surface area contributed by atoms with Gasteiger partial charge in [0.15, 0.2) is 5.78 Å². The largest absolute Gasteiger partial charge is 0.294 e. The van der Waals surface area contributed by atoms with Crippen molar-refractivity contribution in [3.05, 3.63) is 35.4 Å². The van der Waals surface area contributed by atoms with E-state index in [1.807, 2.05) is 31.2 Å². The van der Waals surface area contributed by atoms with Crippen LogP contribution in [0.25, 0.3) is 0 Å². The minimum atomic E-state index is -1.37. The molecule has 1 aromatic rings. The lowest BCUT2D eigenvalue weighted by atomic mass is 10.1. The quantitative estimate of drug-likeness (QED) is 0.432. The van der Waals surface area contributed by atoms with Crippen molar-refractivity contribution in [1.82, 2.24) is 0 Å². The van der Waals surface area contributed by atoms with Gasteiger partial charge in [0.2, 0.25) is 0 Å². The van der Waals surface area contributed by atoms with Crippen LogP contribution in [0, 0.1) is 11.5 Å². The van der Waals surface area contributed by atoms with E-state index in [9.17, 15) is 4.79 Å². The molecule has 0 amide bonds. The normalized spacial score (nSPS) is 10.7. The molecule has 0 radical (unpaired) electrons. The SMILES string of the molecule is CCC(=O)c1ccc(C#C[Si](CC)(CC)CC)cc1. The van der Waals surface area contributed by atoms with Gasteiger partial charge in [-0.25, -0.2) is 0 Å². The van der Waals surface area contributed by atoms with Gasteiger partial charge in [-0.05, 0) is 30.3 Å². The highest BCUT2D eigenvalue weighted by Crippen LogP contribution is 2.19. The Bertz CT molecular complexity index is 464. The molecule has 0 aliphatic rings. The second-order valence-electron chi connectivity index (χ2n) is 4.95. The minimum absolute atomic E-state index is 0.193. The van der Waals surface area contributed by atoms with Crippen LogP contribution in [-0.4, -0.2) is 13.9 Å². The molecule has 0 saturated heterocycles. The first-order valence-corrected chi connectivity index (χ1v) is 9.89. The summed E-state index contributed by atoms with van der Waals surface area (Å²) >= 11 is 0. The van der Waals surface area contributed by atoms with Gasteiger partial charge in [-0.2, -0.15) is 0 Å². The molecule has 0 fully saturated rings. The molecule has 0 heterocycles. The van der Waals surface area contributed by atoms with E-state index in [4.69, 9.17) is 0 Å². The van der Waals surface area contributed by atoms with Gasteiger partial charge >= 0.3 is 0 Å². The predicted octanol–water partition coefficient (Wildman–Crippen LogP) is 4.68. The summed E-state index contributed by atoms with van der Waals surface area (Å²) in [7, 11) is -1.37. The van der Waals surface area contributed by atoms with E-state index in [-0.39, 0.29) is 5.78 Å². The summed E-state index contributed by atoms with van der Waals surface area (Å²) in [5, 5.41) is 0. The molecule has 0 atom stereocenters. The average Bonchev–Trinajstić information content (AvgIpc) is 2.49. The molecule has 0 bridgehead atoms. The van der Waals surface area contributed by atoms with Crippen LogP contribution in [0.5, 0.6) is 0 Å². The molecule has 1 aromatic carbocycles. The van der Waals surface area contributed by atoms with E-state index in [0.717, 1.165) is 11.1 Å². The summed E-state index contributed by atoms with van der Waals surface area (Å²) in [6, 6.07) is 11.4. The van der Waals surface area contributed by atoms with Gasteiger partial charge in [0.25, 0.3) is 0 Å². The fourth-order valence-electron chi connectivity index (χ4n) is 2.16. The number of carbonyl (C=O) groups excluding carboxylic acids is 1. The zero-order valence-electron chi connectivity index (χ0n) is 12.5. The second kappa shape index (κ2) is 7.30. The van der Waals surface area contributed by atoms with Crippen LogP contribution in [0.4, 0.5) is 0 Å². The van der Waals surface area contributed by atoms with Crippen molar-refractivity contribution >= 4 is 13.9 Å². The van der Waals surface area contributed by atoms with Gasteiger partial charge in [0.05, 0.1) is 0 Å². The molecule has 19 heavy (non-hydrogen) atoms. The highest BCUT2D eigenvalue weighted by molar-refractivity contribution is 6.87. The van der Waals surface area contributed by atoms with Crippen LogP contribution >= 0.6 is 0 Å². The summed E-state index contributed by atoms with van der Waals surface area (Å²) in [5.41, 5.74) is 5.38. The van der Waals surface area contributed by atoms with Crippen molar-refractivity contribution in [3.63, 3.8) is 0 Å². The first kappa shape index (κ1) is 15.7. The van der Waals surface area contributed by atoms with Gasteiger partial charge in [0.1, 0.15) is 8.07 Å². The second-order valence-corrected chi connectivity index (χ2v) is 9.88. The Hall–Kier alpha value is -1.33. The van der Waals surface area contributed by atoms with E-state index >= 15 is 0 Å². The molecular formula is C17H24OSi. The minimum Gasteiger partial charge on any atom is -0.294 e. The first-order valence-electron chi connectivity index (χ1n) is 7.27. The molecule has 0 aromatic heterocycles. The zero-order valence-corrected chi connectivity index (χ0v) is 13.5. The van der Waals surface area contributed by atoms with Crippen LogP contribution in [0.2, 0.25) is 18.1 Å². The molecule has 0 aliphatic carbocycles. The molecular weight excluding hydrogens is 248 g/mol. The summed E-state index contributed by atoms with van der Waals surface area (Å²) < 4.78 is 0. The Morgan fingerprint density at radius 2 is 1.53 bits per heavy atom. The number of hydrogen-bond donors (Lipinski definition) is 0. The van der Waals surface area contributed by atoms with Crippen molar-refractivity contribution in [2.24, 2.45) is 0 Å². The van der Waals surface area contributed by atoms with Gasteiger partial charge in [-0.15, -0.1) is 5.54 Å². The Morgan fingerprint density at radius 1 is 1.00 bits per heavy atom. The van der Waals surface area contributed by atoms with Crippen molar-refractivity contribution in [2.75, 3.05) is 0 Å². The molecule has 1 nitrogen and oxygen atoms in total. The maximum Gasteiger partial charge on any atom is 0.162 e. The van der Waals surface area contributed by atoms with Crippen molar-refractivity contribution in [2.45, 2.75) is 52.2 Å².